The number of hydrogen-bond acceptors (Lipinski definition) is 24. The number of rotatable bonds is 22. The van der Waals surface area contributed by atoms with Crippen molar-refractivity contribution in [2.75, 3.05) is 120 Å². The topological polar surface area (TPSA) is 286 Å². The van der Waals surface area contributed by atoms with Crippen molar-refractivity contribution in [3.63, 3.8) is 0 Å². The van der Waals surface area contributed by atoms with Crippen LogP contribution in [0.5, 0.6) is 23.0 Å². The second-order valence-electron chi connectivity index (χ2n) is 35.7. The summed E-state index contributed by atoms with van der Waals surface area (Å²) in [5.74, 6) is 8.67. The third-order valence-electron chi connectivity index (χ3n) is 23.5. The van der Waals surface area contributed by atoms with Crippen LogP contribution in [0.3, 0.4) is 0 Å². The van der Waals surface area contributed by atoms with E-state index < -0.39 is 27.2 Å². The van der Waals surface area contributed by atoms with Crippen LogP contribution in [0.1, 0.15) is 134 Å². The van der Waals surface area contributed by atoms with Gasteiger partial charge in [-0.05, 0) is 181 Å². The summed E-state index contributed by atoms with van der Waals surface area (Å²) in [5, 5.41) is 16.2. The molecule has 4 aromatic carbocycles. The van der Waals surface area contributed by atoms with Crippen LogP contribution in [0, 0.1) is 47.3 Å². The van der Waals surface area contributed by atoms with E-state index in [0.29, 0.717) is 110 Å². The van der Waals surface area contributed by atoms with Gasteiger partial charge in [0.05, 0.1) is 117 Å². The van der Waals surface area contributed by atoms with Gasteiger partial charge in [-0.3, -0.25) is 27.6 Å². The quantitative estimate of drug-likeness (QED) is 0.0487. The highest BCUT2D eigenvalue weighted by atomic mass is 35.5. The van der Waals surface area contributed by atoms with Gasteiger partial charge < -0.3 is 57.2 Å². The van der Waals surface area contributed by atoms with Crippen molar-refractivity contribution < 1.29 is 27.7 Å². The number of thioether (sulfide) groups is 2. The molecule has 0 saturated carbocycles. The highest BCUT2D eigenvalue weighted by Crippen LogP contribution is 2.35. The zero-order chi connectivity index (χ0) is 94.3. The Kier molecular flexibility index (Phi) is 37.1. The van der Waals surface area contributed by atoms with Gasteiger partial charge in [-0.1, -0.05) is 133 Å². The summed E-state index contributed by atoms with van der Waals surface area (Å²) < 4.78 is 45.6. The Morgan fingerprint density at radius 2 is 0.614 bits per heavy atom. The van der Waals surface area contributed by atoms with Crippen LogP contribution in [0.25, 0.3) is 43.6 Å². The Balaban J connectivity index is 0.000000167. The van der Waals surface area contributed by atoms with Gasteiger partial charge in [0.2, 0.25) is 23.8 Å². The molecule has 0 radical (unpaired) electrons. The number of aryl methyl sites for hydroxylation is 4. The molecule has 12 heterocycles. The molecule has 1 N–H and O–H groups in total. The van der Waals surface area contributed by atoms with E-state index >= 15 is 0 Å². The second-order valence-corrected chi connectivity index (χ2v) is 42.3. The predicted octanol–water partition coefficient (Wildman–Crippen LogP) is 18.2. The summed E-state index contributed by atoms with van der Waals surface area (Å²) in [6.07, 6.45) is 20.9. The van der Waals surface area contributed by atoms with Crippen molar-refractivity contribution in [2.45, 2.75) is 114 Å². The molecular weight excluding hydrogens is 1850 g/mol. The number of anilines is 4. The molecule has 4 aliphatic rings. The summed E-state index contributed by atoms with van der Waals surface area (Å²) in [5.41, 5.74) is 9.39. The van der Waals surface area contributed by atoms with Gasteiger partial charge in [-0.15, -0.1) is 35.1 Å². The summed E-state index contributed by atoms with van der Waals surface area (Å²) in [6, 6.07) is 30.4. The number of hydrogen-bond donors (Lipinski definition) is 1. The molecule has 4 saturated heterocycles. The van der Waals surface area contributed by atoms with Gasteiger partial charge >= 0.3 is 0 Å². The van der Waals surface area contributed by atoms with Crippen LogP contribution in [-0.2, 0) is 75.5 Å². The number of alkyl halides is 1. The molecule has 132 heavy (non-hydrogen) atoms. The van der Waals surface area contributed by atoms with Crippen LogP contribution in [0.2, 0.25) is 20.1 Å². The number of fused-ring (bicyclic) bond motifs is 4. The van der Waals surface area contributed by atoms with Gasteiger partial charge in [0.25, 0.3) is 22.2 Å². The molecule has 708 valence electrons. The lowest BCUT2D eigenvalue weighted by Crippen LogP contribution is -2.39. The number of aromatic hydroxyl groups is 1. The molecule has 4 aliphatic heterocycles. The third-order valence-corrected chi connectivity index (χ3v) is 26.9. The zero-order valence-corrected chi connectivity index (χ0v) is 84.2. The van der Waals surface area contributed by atoms with E-state index in [9.17, 15) is 32.7 Å². The fraction of sp³-hybridized carbons (Fsp3) is 0.464. The van der Waals surface area contributed by atoms with Gasteiger partial charge in [0, 0.05) is 140 Å². The van der Waals surface area contributed by atoms with Gasteiger partial charge in [-0.25, -0.2) is 39.9 Å². The number of halogens is 5. The summed E-state index contributed by atoms with van der Waals surface area (Å²) in [7, 11) is 4.50. The summed E-state index contributed by atoms with van der Waals surface area (Å²) in [4.78, 5) is 95.7. The van der Waals surface area contributed by atoms with E-state index in [1.807, 2.05) is 85.3 Å². The monoisotopic (exact) mass is 1970 g/mol. The Labute approximate surface area is 811 Å². The minimum Gasteiger partial charge on any atom is -0.503 e. The standard InChI is InChI=1S/2C24H29ClN4O3S.C24H29ClN4O2S.C22H25ClN4O2.C2H5ClS.CH4/c2*1-15-7-16(2)13-29(12-15)24-26-11-19(25)20(27-24)9-17-5-6-21-18(8-17)10-22(23(30)28(21)3)32-14-33(4)31;1-15-7-16(2)13-29(12-15)24-26-11-19(25)20(27-24)9-17-5-6-21-18(8-17)10-22(31-14-32-4)23(30)28(21)3;1-13-6-14(2)12-27(11-13)22-24-10-17(23)18(25-22)8-15-4-5-19-16(7-15)9-20(28)21(29)26(19)3;1-4-2-3;/h2*5-6,8,10-11,15-16H,7,9,12-14H2,1-4H3;5-6,8,10-11,15-16H,7,9,12-14H2,1-4H3;4-5,7,9-10,13-14,28H,6,8,11-12H2,1-3H3;2H2,1H3;1H4/t2*15-,16+,33-;15-,16+;13-,14+;;/m10..../s1. The number of ether oxygens (including phenoxy) is 3. The maximum Gasteiger partial charge on any atom is 0.293 e. The van der Waals surface area contributed by atoms with E-state index in [2.05, 4.69) is 101 Å². The molecule has 0 bridgehead atoms. The smallest absolute Gasteiger partial charge is 0.293 e. The molecule has 26 nitrogen and oxygen atoms in total. The van der Waals surface area contributed by atoms with E-state index in [0.717, 1.165) is 165 Å². The Morgan fingerprint density at radius 1 is 0.379 bits per heavy atom. The molecule has 0 aliphatic carbocycles. The molecule has 35 heteroatoms. The summed E-state index contributed by atoms with van der Waals surface area (Å²) in [6.45, 7) is 25.7. The Hall–Kier alpha value is -9.11. The van der Waals surface area contributed by atoms with Crippen LogP contribution in [-0.4, -0.2) is 172 Å². The number of aromatic nitrogens is 12. The summed E-state index contributed by atoms with van der Waals surface area (Å²) >= 11 is 34.1. The number of nitrogens with zero attached hydrogens (tertiary/aromatic N) is 16. The third kappa shape index (κ3) is 27.0. The van der Waals surface area contributed by atoms with Crippen LogP contribution in [0.15, 0.2) is 141 Å². The molecular formula is C97H121Cl5N16O10S4. The van der Waals surface area contributed by atoms with E-state index in [1.54, 1.807) is 90.6 Å². The van der Waals surface area contributed by atoms with Crippen molar-refractivity contribution >= 4 is 171 Å². The first-order chi connectivity index (χ1) is 62.5. The first-order valence-corrected chi connectivity index (χ1v) is 52.1. The van der Waals surface area contributed by atoms with Gasteiger partial charge in [0.1, 0.15) is 5.94 Å². The zero-order valence-electron chi connectivity index (χ0n) is 77.1. The maximum absolute atomic E-state index is 12.5. The largest absolute Gasteiger partial charge is 0.503 e. The minimum atomic E-state index is -1.16. The molecule has 16 rings (SSSR count). The number of pyridine rings is 4. The van der Waals surface area contributed by atoms with Crippen molar-refractivity contribution in [1.82, 2.24) is 58.1 Å². The van der Waals surface area contributed by atoms with E-state index in [1.165, 1.54) is 60.6 Å². The molecule has 4 fully saturated rings. The van der Waals surface area contributed by atoms with Crippen molar-refractivity contribution in [1.29, 1.82) is 0 Å². The molecule has 10 atom stereocenters. The van der Waals surface area contributed by atoms with Crippen LogP contribution < -0.4 is 56.0 Å². The van der Waals surface area contributed by atoms with Crippen molar-refractivity contribution in [3.8, 4) is 23.0 Å². The SMILES string of the molecule is C.CSCCl.CSCOc1cc2cc(Cc3nc(N4C[C@H](C)C[C@H](C)C4)ncc3Cl)ccc2n(C)c1=O.C[C@@H]1C[C@H](C)CN(c2ncc(Cl)c(Cc3ccc4c(c3)cc(O)c(=O)n4C)n2)C1.C[C@@H]1C[C@H](C)CN(c2ncc(Cl)c(Cc3ccc4c(c3)cc(OC[S@@](C)=O)c(=O)n4C)n2)C1.C[C@@H]1C[C@H](C)CN(c2ncc(Cl)c(Cc3ccc4c(c3)cc(OC[S@](C)=O)c(=O)n4C)n2)C1. The normalized spacial score (nSPS) is 18.9. The minimum absolute atomic E-state index is 0. The molecule has 12 aromatic rings. The first kappa shape index (κ1) is 103. The lowest BCUT2D eigenvalue weighted by atomic mass is 9.92. The fourth-order valence-electron chi connectivity index (χ4n) is 17.9. The van der Waals surface area contributed by atoms with Gasteiger partial charge in [-0.2, -0.15) is 0 Å². The molecule has 0 amide bonds. The highest BCUT2D eigenvalue weighted by molar-refractivity contribution is 7.99. The Morgan fingerprint density at radius 3 is 0.848 bits per heavy atom. The first-order valence-electron chi connectivity index (χ1n) is 43.8. The number of piperidine rings is 4. The molecule has 0 unspecified atom stereocenters. The second kappa shape index (κ2) is 47.4. The average Bonchev–Trinajstić information content (AvgIpc) is 0.787. The predicted molar refractivity (Wildman–Crippen MR) is 548 cm³/mol. The maximum atomic E-state index is 12.5. The number of benzene rings is 4. The van der Waals surface area contributed by atoms with Gasteiger partial charge in [0.15, 0.2) is 34.9 Å². The van der Waals surface area contributed by atoms with Crippen LogP contribution in [0.4, 0.5) is 23.8 Å². The average molecular weight is 1980 g/mol. The van der Waals surface area contributed by atoms with Crippen molar-refractivity contribution in [3.05, 3.63) is 228 Å². The van der Waals surface area contributed by atoms with E-state index in [-0.39, 0.29) is 53.2 Å². The lowest BCUT2D eigenvalue weighted by molar-refractivity contribution is 0.353. The molecule has 0 spiro atoms. The fourth-order valence-corrected chi connectivity index (χ4v) is 19.4. The van der Waals surface area contributed by atoms with Crippen molar-refractivity contribution in [2.24, 2.45) is 75.5 Å². The highest BCUT2D eigenvalue weighted by Gasteiger charge is 2.30. The van der Waals surface area contributed by atoms with Crippen LogP contribution >= 0.6 is 81.5 Å². The molecule has 8 aromatic heterocycles. The van der Waals surface area contributed by atoms with E-state index in [4.69, 9.17) is 92.2 Å². The Bertz CT molecular complexity index is 6160. The lowest BCUT2D eigenvalue weighted by Gasteiger charge is -2.35.